The molecular formula is C17H13N3O4. The Morgan fingerprint density at radius 2 is 2.17 bits per heavy atom. The number of pyridine rings is 1. The highest BCUT2D eigenvalue weighted by Crippen LogP contribution is 2.40. The summed E-state index contributed by atoms with van der Waals surface area (Å²) in [7, 11) is 0. The number of aromatic nitrogens is 1. The maximum absolute atomic E-state index is 12.1. The van der Waals surface area contributed by atoms with Crippen LogP contribution in [0.1, 0.15) is 5.69 Å². The number of fused-ring (bicyclic) bond motifs is 3. The maximum Gasteiger partial charge on any atom is 0.415 e. The predicted octanol–water partition coefficient (Wildman–Crippen LogP) is 1.70. The Hall–Kier alpha value is -3.11. The zero-order valence-corrected chi connectivity index (χ0v) is 12.5. The number of benzene rings is 1. The van der Waals surface area contributed by atoms with Gasteiger partial charge in [0.25, 0.3) is 0 Å². The Labute approximate surface area is 137 Å². The molecule has 3 heterocycles. The van der Waals surface area contributed by atoms with Gasteiger partial charge in [0.05, 0.1) is 12.3 Å². The van der Waals surface area contributed by atoms with Gasteiger partial charge in [0.15, 0.2) is 6.10 Å². The van der Waals surface area contributed by atoms with Crippen LogP contribution in [0.25, 0.3) is 11.1 Å². The van der Waals surface area contributed by atoms with Crippen molar-refractivity contribution >= 4 is 11.8 Å². The number of carbonyl (C=O) groups excluding carboxylic acids is 1. The summed E-state index contributed by atoms with van der Waals surface area (Å²) in [6.07, 6.45) is 0.571. The molecule has 7 heteroatoms. The van der Waals surface area contributed by atoms with E-state index in [1.165, 1.54) is 4.90 Å². The first-order chi connectivity index (χ1) is 11.7. The molecule has 7 nitrogen and oxygen atoms in total. The summed E-state index contributed by atoms with van der Waals surface area (Å²) in [5, 5.41) is 18.1. The van der Waals surface area contributed by atoms with Crippen molar-refractivity contribution in [2.24, 2.45) is 0 Å². The number of cyclic esters (lactones) is 1. The number of carbonyl (C=O) groups is 1. The molecular weight excluding hydrogens is 310 g/mol. The van der Waals surface area contributed by atoms with Crippen LogP contribution >= 0.6 is 0 Å². The zero-order valence-electron chi connectivity index (χ0n) is 12.5. The van der Waals surface area contributed by atoms with E-state index >= 15 is 0 Å². The predicted molar refractivity (Wildman–Crippen MR) is 83.5 cm³/mol. The van der Waals surface area contributed by atoms with Crippen molar-refractivity contribution in [2.75, 3.05) is 18.1 Å². The molecule has 2 aromatic rings. The first kappa shape index (κ1) is 14.5. The molecule has 0 radical (unpaired) electrons. The third-order valence-electron chi connectivity index (χ3n) is 4.23. The molecule has 2 atom stereocenters. The Bertz CT molecular complexity index is 844. The molecule has 2 aliphatic heterocycles. The van der Waals surface area contributed by atoms with Crippen LogP contribution in [-0.2, 0) is 4.74 Å². The van der Waals surface area contributed by atoms with Gasteiger partial charge < -0.3 is 14.6 Å². The number of hydrogen-bond donors (Lipinski definition) is 1. The molecule has 1 fully saturated rings. The number of anilines is 1. The fourth-order valence-electron chi connectivity index (χ4n) is 3.00. The van der Waals surface area contributed by atoms with E-state index in [0.29, 0.717) is 17.1 Å². The standard InChI is InChI=1S/C17H13N3O4/c18-6-12-3-1-11(7-19-12)10-2-4-13-15(5-10)23-9-14-16(8-21)24-17(22)20(13)14/h1-5,7,14,16,21H,8-9H2/t14-,16-/m0/s1. The Morgan fingerprint density at radius 1 is 1.33 bits per heavy atom. The van der Waals surface area contributed by atoms with Crippen LogP contribution in [-0.4, -0.2) is 41.5 Å². The summed E-state index contributed by atoms with van der Waals surface area (Å²) in [4.78, 5) is 17.6. The lowest BCUT2D eigenvalue weighted by atomic mass is 10.0. The van der Waals surface area contributed by atoms with E-state index in [2.05, 4.69) is 4.98 Å². The average Bonchev–Trinajstić information content (AvgIpc) is 2.97. The number of hydrogen-bond acceptors (Lipinski definition) is 6. The van der Waals surface area contributed by atoms with Crippen LogP contribution in [0, 0.1) is 11.3 Å². The van der Waals surface area contributed by atoms with Crippen LogP contribution < -0.4 is 9.64 Å². The largest absolute Gasteiger partial charge is 0.489 e. The molecule has 2 aliphatic rings. The van der Waals surface area contributed by atoms with E-state index in [1.54, 1.807) is 18.3 Å². The molecule has 0 bridgehead atoms. The molecule has 0 spiro atoms. The van der Waals surface area contributed by atoms with Gasteiger partial charge in [0.2, 0.25) is 0 Å². The smallest absolute Gasteiger partial charge is 0.415 e. The van der Waals surface area contributed by atoms with Gasteiger partial charge in [-0.3, -0.25) is 4.90 Å². The minimum absolute atomic E-state index is 0.236. The van der Waals surface area contributed by atoms with Gasteiger partial charge in [-0.2, -0.15) is 5.26 Å². The van der Waals surface area contributed by atoms with Gasteiger partial charge in [-0.15, -0.1) is 0 Å². The molecule has 0 aliphatic carbocycles. The Balaban J connectivity index is 1.70. The second-order valence-corrected chi connectivity index (χ2v) is 5.58. The molecule has 24 heavy (non-hydrogen) atoms. The van der Waals surface area contributed by atoms with Crippen LogP contribution in [0.4, 0.5) is 10.5 Å². The van der Waals surface area contributed by atoms with Gasteiger partial charge in [0.1, 0.15) is 30.2 Å². The van der Waals surface area contributed by atoms with E-state index < -0.39 is 12.2 Å². The Morgan fingerprint density at radius 3 is 2.88 bits per heavy atom. The molecule has 120 valence electrons. The fourth-order valence-corrected chi connectivity index (χ4v) is 3.00. The summed E-state index contributed by atoms with van der Waals surface area (Å²) >= 11 is 0. The summed E-state index contributed by atoms with van der Waals surface area (Å²) < 4.78 is 10.9. The van der Waals surface area contributed by atoms with Crippen LogP contribution in [0.15, 0.2) is 36.5 Å². The molecule has 4 rings (SSSR count). The number of nitriles is 1. The number of amides is 1. The summed E-state index contributed by atoms with van der Waals surface area (Å²) in [5.74, 6) is 0.573. The Kier molecular flexibility index (Phi) is 3.32. The quantitative estimate of drug-likeness (QED) is 0.903. The SMILES string of the molecule is N#Cc1ccc(-c2ccc3c(c2)OC[C@H]2[C@H](CO)OC(=O)N32)cn1. The highest BCUT2D eigenvalue weighted by atomic mass is 16.6. The molecule has 0 unspecified atom stereocenters. The van der Waals surface area contributed by atoms with Gasteiger partial charge >= 0.3 is 6.09 Å². The highest BCUT2D eigenvalue weighted by molar-refractivity contribution is 5.94. The maximum atomic E-state index is 12.1. The van der Waals surface area contributed by atoms with E-state index in [4.69, 9.17) is 14.7 Å². The van der Waals surface area contributed by atoms with Gasteiger partial charge in [-0.05, 0) is 29.8 Å². The van der Waals surface area contributed by atoms with Crippen molar-refractivity contribution in [1.82, 2.24) is 4.98 Å². The fraction of sp³-hybridized carbons (Fsp3) is 0.235. The van der Waals surface area contributed by atoms with Crippen molar-refractivity contribution in [2.45, 2.75) is 12.1 Å². The van der Waals surface area contributed by atoms with Gasteiger partial charge in [-0.1, -0.05) is 6.07 Å². The summed E-state index contributed by atoms with van der Waals surface area (Å²) in [6.45, 7) is 0.0274. The summed E-state index contributed by atoms with van der Waals surface area (Å²) in [5.41, 5.74) is 2.69. The lowest BCUT2D eigenvalue weighted by Crippen LogP contribution is -2.45. The number of aliphatic hydroxyl groups is 1. The second-order valence-electron chi connectivity index (χ2n) is 5.58. The molecule has 1 saturated heterocycles. The molecule has 1 N–H and O–H groups in total. The lowest BCUT2D eigenvalue weighted by Gasteiger charge is -2.31. The molecule has 0 saturated carbocycles. The van der Waals surface area contributed by atoms with Crippen LogP contribution in [0.5, 0.6) is 5.75 Å². The normalized spacial score (nSPS) is 21.3. The van der Waals surface area contributed by atoms with E-state index in [9.17, 15) is 9.90 Å². The zero-order chi connectivity index (χ0) is 16.7. The van der Waals surface area contributed by atoms with Crippen molar-refractivity contribution in [3.05, 3.63) is 42.2 Å². The number of ether oxygens (including phenoxy) is 2. The molecule has 1 aromatic heterocycles. The first-order valence-corrected chi connectivity index (χ1v) is 7.45. The topological polar surface area (TPSA) is 95.7 Å². The minimum atomic E-state index is -0.576. The van der Waals surface area contributed by atoms with Crippen LogP contribution in [0.2, 0.25) is 0 Å². The van der Waals surface area contributed by atoms with Crippen molar-refractivity contribution in [1.29, 1.82) is 5.26 Å². The van der Waals surface area contributed by atoms with E-state index in [-0.39, 0.29) is 19.3 Å². The van der Waals surface area contributed by atoms with E-state index in [1.807, 2.05) is 24.3 Å². The average molecular weight is 323 g/mol. The number of rotatable bonds is 2. The van der Waals surface area contributed by atoms with Gasteiger partial charge in [0, 0.05) is 11.8 Å². The molecule has 1 aromatic carbocycles. The number of aliphatic hydroxyl groups excluding tert-OH is 1. The molecule has 1 amide bonds. The van der Waals surface area contributed by atoms with Crippen molar-refractivity contribution < 1.29 is 19.4 Å². The van der Waals surface area contributed by atoms with Crippen molar-refractivity contribution in [3.8, 4) is 22.9 Å². The third kappa shape index (κ3) is 2.16. The lowest BCUT2D eigenvalue weighted by molar-refractivity contribution is 0.0734. The first-order valence-electron chi connectivity index (χ1n) is 7.45. The number of nitrogens with zero attached hydrogens (tertiary/aromatic N) is 3. The third-order valence-corrected chi connectivity index (χ3v) is 4.23. The van der Waals surface area contributed by atoms with Crippen LogP contribution in [0.3, 0.4) is 0 Å². The minimum Gasteiger partial charge on any atom is -0.489 e. The summed E-state index contributed by atoms with van der Waals surface area (Å²) in [6, 6.07) is 10.6. The van der Waals surface area contributed by atoms with Gasteiger partial charge in [-0.25, -0.2) is 9.78 Å². The monoisotopic (exact) mass is 323 g/mol. The van der Waals surface area contributed by atoms with E-state index in [0.717, 1.165) is 11.1 Å². The van der Waals surface area contributed by atoms with Crippen molar-refractivity contribution in [3.63, 3.8) is 0 Å². The second kappa shape index (κ2) is 5.51. The highest BCUT2D eigenvalue weighted by Gasteiger charge is 2.46.